The van der Waals surface area contributed by atoms with Gasteiger partial charge < -0.3 is 10.2 Å². The third-order valence-electron chi connectivity index (χ3n) is 3.52. The zero-order chi connectivity index (χ0) is 15.5. The molecule has 0 unspecified atom stereocenters. The second-order valence-corrected chi connectivity index (χ2v) is 5.09. The van der Waals surface area contributed by atoms with E-state index in [1.807, 2.05) is 6.92 Å². The molecule has 21 heavy (non-hydrogen) atoms. The molecule has 118 valence electrons. The van der Waals surface area contributed by atoms with Gasteiger partial charge in [0.25, 0.3) is 0 Å². The molecule has 1 fully saturated rings. The zero-order valence-electron chi connectivity index (χ0n) is 11.8. The molecule has 4 nitrogen and oxygen atoms in total. The zero-order valence-corrected chi connectivity index (χ0v) is 11.8. The molecule has 0 amide bonds. The number of nitrogens with zero attached hydrogens (tertiary/aromatic N) is 3. The molecule has 8 heteroatoms. The Morgan fingerprint density at radius 3 is 2.57 bits per heavy atom. The molecule has 1 aromatic rings. The van der Waals surface area contributed by atoms with Crippen LogP contribution in [0.2, 0.25) is 0 Å². The fraction of sp³-hybridized carbons (Fsp3) is 0.692. The summed E-state index contributed by atoms with van der Waals surface area (Å²) in [7, 11) is 0. The number of nitrogens with one attached hydrogen (secondary N) is 1. The molecule has 1 saturated heterocycles. The Bertz CT molecular complexity index is 470. The molecule has 1 aliphatic rings. The highest BCUT2D eigenvalue weighted by Gasteiger charge is 2.41. The lowest BCUT2D eigenvalue weighted by molar-refractivity contribution is -0.179. The summed E-state index contributed by atoms with van der Waals surface area (Å²) >= 11 is 0. The Morgan fingerprint density at radius 1 is 1.33 bits per heavy atom. The number of piperidine rings is 1. The third kappa shape index (κ3) is 3.95. The maximum Gasteiger partial charge on any atom is 0.391 e. The van der Waals surface area contributed by atoms with Crippen LogP contribution in [0.4, 0.5) is 29.3 Å². The van der Waals surface area contributed by atoms with Crippen molar-refractivity contribution in [2.45, 2.75) is 32.4 Å². The molecule has 0 bridgehead atoms. The Kier molecular flexibility index (Phi) is 4.84. The molecule has 0 aromatic carbocycles. The van der Waals surface area contributed by atoms with Crippen LogP contribution in [0.15, 0.2) is 6.20 Å². The van der Waals surface area contributed by atoms with Crippen molar-refractivity contribution >= 4 is 11.8 Å². The minimum absolute atomic E-state index is 0.0370. The average molecular weight is 306 g/mol. The molecule has 2 rings (SSSR count). The summed E-state index contributed by atoms with van der Waals surface area (Å²) in [6, 6.07) is 0. The first-order chi connectivity index (χ1) is 9.91. The highest BCUT2D eigenvalue weighted by Crippen LogP contribution is 2.35. The maximum atomic E-state index is 13.8. The highest BCUT2D eigenvalue weighted by molar-refractivity contribution is 5.44. The predicted octanol–water partition coefficient (Wildman–Crippen LogP) is 3.22. The Hall–Kier alpha value is -1.60. The minimum atomic E-state index is -4.18. The highest BCUT2D eigenvalue weighted by atomic mass is 19.4. The van der Waals surface area contributed by atoms with Crippen molar-refractivity contribution in [1.29, 1.82) is 0 Å². The first-order valence-corrected chi connectivity index (χ1v) is 7.00. The quantitative estimate of drug-likeness (QED) is 0.867. The van der Waals surface area contributed by atoms with Crippen molar-refractivity contribution in [2.75, 3.05) is 29.9 Å². The van der Waals surface area contributed by atoms with Gasteiger partial charge in [-0.3, -0.25) is 0 Å². The van der Waals surface area contributed by atoms with Crippen LogP contribution >= 0.6 is 0 Å². The minimum Gasteiger partial charge on any atom is -0.354 e. The van der Waals surface area contributed by atoms with Gasteiger partial charge in [0.2, 0.25) is 5.95 Å². The summed E-state index contributed by atoms with van der Waals surface area (Å²) in [5, 5.41) is 2.94. The largest absolute Gasteiger partial charge is 0.391 e. The van der Waals surface area contributed by atoms with Gasteiger partial charge in [-0.1, -0.05) is 6.92 Å². The van der Waals surface area contributed by atoms with Gasteiger partial charge in [0.05, 0.1) is 12.1 Å². The van der Waals surface area contributed by atoms with Crippen LogP contribution in [-0.4, -0.2) is 35.8 Å². The van der Waals surface area contributed by atoms with E-state index in [9.17, 15) is 17.6 Å². The van der Waals surface area contributed by atoms with Crippen molar-refractivity contribution in [3.8, 4) is 0 Å². The van der Waals surface area contributed by atoms with Crippen molar-refractivity contribution in [3.05, 3.63) is 12.0 Å². The van der Waals surface area contributed by atoms with Crippen LogP contribution in [0.5, 0.6) is 0 Å². The summed E-state index contributed by atoms with van der Waals surface area (Å²) < 4.78 is 51.7. The number of halogens is 4. The van der Waals surface area contributed by atoms with Gasteiger partial charge in [0.15, 0.2) is 11.6 Å². The molecule has 1 aliphatic heterocycles. The average Bonchev–Trinajstić information content (AvgIpc) is 2.46. The van der Waals surface area contributed by atoms with Crippen LogP contribution in [0.3, 0.4) is 0 Å². The van der Waals surface area contributed by atoms with Crippen LogP contribution < -0.4 is 10.2 Å². The molecular formula is C13H18F4N4. The van der Waals surface area contributed by atoms with Crippen LogP contribution in [0, 0.1) is 11.7 Å². The first kappa shape index (κ1) is 15.8. The number of anilines is 2. The third-order valence-corrected chi connectivity index (χ3v) is 3.52. The number of hydrogen-bond donors (Lipinski definition) is 1. The maximum absolute atomic E-state index is 13.8. The van der Waals surface area contributed by atoms with E-state index in [0.29, 0.717) is 12.5 Å². The summed E-state index contributed by atoms with van der Waals surface area (Å²) in [4.78, 5) is 9.44. The number of alkyl halides is 3. The molecule has 0 radical (unpaired) electrons. The monoisotopic (exact) mass is 306 g/mol. The Balaban J connectivity index is 2.05. The molecule has 0 atom stereocenters. The Labute approximate surface area is 120 Å². The Morgan fingerprint density at radius 2 is 2.00 bits per heavy atom. The molecule has 0 aliphatic carbocycles. The number of hydrogen-bond acceptors (Lipinski definition) is 4. The van der Waals surface area contributed by atoms with Gasteiger partial charge in [-0.2, -0.15) is 18.2 Å². The molecule has 0 saturated carbocycles. The standard InChI is InChI=1S/C13H18F4N4/c1-2-5-18-12-19-8-10(14)11(20-12)21-6-3-9(4-7-21)13(15,16)17/h8-9H,2-7H2,1H3,(H,18,19,20). The van der Waals surface area contributed by atoms with E-state index >= 15 is 0 Å². The van der Waals surface area contributed by atoms with E-state index < -0.39 is 17.9 Å². The molecular weight excluding hydrogens is 288 g/mol. The van der Waals surface area contributed by atoms with E-state index in [2.05, 4.69) is 15.3 Å². The summed E-state index contributed by atoms with van der Waals surface area (Å²) in [6.07, 6.45) is -2.33. The second kappa shape index (κ2) is 6.44. The lowest BCUT2D eigenvalue weighted by Crippen LogP contribution is -2.39. The molecule has 1 aromatic heterocycles. The fourth-order valence-electron chi connectivity index (χ4n) is 2.32. The van der Waals surface area contributed by atoms with Gasteiger partial charge in [0.1, 0.15) is 0 Å². The van der Waals surface area contributed by atoms with E-state index in [-0.39, 0.29) is 31.7 Å². The van der Waals surface area contributed by atoms with Crippen LogP contribution in [0.1, 0.15) is 26.2 Å². The van der Waals surface area contributed by atoms with Gasteiger partial charge in [-0.25, -0.2) is 9.37 Å². The molecule has 2 heterocycles. The van der Waals surface area contributed by atoms with Gasteiger partial charge in [-0.15, -0.1) is 0 Å². The molecule has 1 N–H and O–H groups in total. The normalized spacial score (nSPS) is 17.1. The van der Waals surface area contributed by atoms with Crippen molar-refractivity contribution in [2.24, 2.45) is 5.92 Å². The fourth-order valence-corrected chi connectivity index (χ4v) is 2.32. The smallest absolute Gasteiger partial charge is 0.354 e. The van der Waals surface area contributed by atoms with Crippen molar-refractivity contribution in [3.63, 3.8) is 0 Å². The van der Waals surface area contributed by atoms with E-state index in [1.165, 1.54) is 0 Å². The van der Waals surface area contributed by atoms with Gasteiger partial charge in [0, 0.05) is 19.6 Å². The molecule has 0 spiro atoms. The van der Waals surface area contributed by atoms with Crippen LogP contribution in [-0.2, 0) is 0 Å². The topological polar surface area (TPSA) is 41.1 Å². The lowest BCUT2D eigenvalue weighted by atomic mass is 9.96. The SMILES string of the molecule is CCCNc1ncc(F)c(N2CCC(C(F)(F)F)CC2)n1. The van der Waals surface area contributed by atoms with Gasteiger partial charge in [-0.05, 0) is 19.3 Å². The summed E-state index contributed by atoms with van der Waals surface area (Å²) in [6.45, 7) is 2.91. The van der Waals surface area contributed by atoms with E-state index in [4.69, 9.17) is 0 Å². The summed E-state index contributed by atoms with van der Waals surface area (Å²) in [5.41, 5.74) is 0. The number of rotatable bonds is 4. The number of aromatic nitrogens is 2. The first-order valence-electron chi connectivity index (χ1n) is 7.00. The lowest BCUT2D eigenvalue weighted by Gasteiger charge is -2.33. The van der Waals surface area contributed by atoms with Crippen molar-refractivity contribution < 1.29 is 17.6 Å². The van der Waals surface area contributed by atoms with E-state index in [1.54, 1.807) is 4.90 Å². The summed E-state index contributed by atoms with van der Waals surface area (Å²) in [5.74, 6) is -1.55. The second-order valence-electron chi connectivity index (χ2n) is 5.09. The van der Waals surface area contributed by atoms with Crippen LogP contribution in [0.25, 0.3) is 0 Å². The predicted molar refractivity (Wildman–Crippen MR) is 71.8 cm³/mol. The van der Waals surface area contributed by atoms with Gasteiger partial charge >= 0.3 is 6.18 Å². The van der Waals surface area contributed by atoms with Crippen molar-refractivity contribution in [1.82, 2.24) is 9.97 Å². The van der Waals surface area contributed by atoms with E-state index in [0.717, 1.165) is 12.6 Å².